The minimum atomic E-state index is -0.981. The first-order valence-corrected chi connectivity index (χ1v) is 3.54. The van der Waals surface area contributed by atoms with Crippen LogP contribution in [-0.4, -0.2) is 11.1 Å². The van der Waals surface area contributed by atoms with Crippen molar-refractivity contribution in [2.24, 2.45) is 0 Å². The Morgan fingerprint density at radius 2 is 1.82 bits per heavy atom. The van der Waals surface area contributed by atoms with Crippen molar-refractivity contribution in [2.75, 3.05) is 0 Å². The van der Waals surface area contributed by atoms with Crippen molar-refractivity contribution in [3.05, 3.63) is 35.5 Å². The molecule has 0 saturated carbocycles. The van der Waals surface area contributed by atoms with E-state index in [-0.39, 0.29) is 12.4 Å². The van der Waals surface area contributed by atoms with Gasteiger partial charge in [-0.1, -0.05) is 18.7 Å². The molecule has 4 heteroatoms. The second-order valence-corrected chi connectivity index (χ2v) is 2.15. The Labute approximate surface area is 75.6 Å². The molecular formula is C7H9ClO2S. The molecule has 0 unspecified atom stereocenters. The van der Waals surface area contributed by atoms with Crippen molar-refractivity contribution in [3.63, 3.8) is 0 Å². The lowest BCUT2D eigenvalue weighted by molar-refractivity contribution is -0.131. The third kappa shape index (κ3) is 12.4. The first-order chi connectivity index (χ1) is 4.77. The molecule has 0 saturated heterocycles. The van der Waals surface area contributed by atoms with E-state index in [0.29, 0.717) is 0 Å². The van der Waals surface area contributed by atoms with Crippen LogP contribution in [-0.2, 0) is 4.79 Å². The van der Waals surface area contributed by atoms with Crippen LogP contribution in [0.5, 0.6) is 0 Å². The van der Waals surface area contributed by atoms with Crippen LogP contribution in [0.15, 0.2) is 35.5 Å². The summed E-state index contributed by atoms with van der Waals surface area (Å²) in [7, 11) is 0. The maximum absolute atomic E-state index is 9.25. The van der Waals surface area contributed by atoms with Gasteiger partial charge in [-0.05, 0) is 10.8 Å². The van der Waals surface area contributed by atoms with Gasteiger partial charge < -0.3 is 5.11 Å². The summed E-state index contributed by atoms with van der Waals surface area (Å²) in [6.45, 7) is 2.96. The van der Waals surface area contributed by atoms with Gasteiger partial charge in [0, 0.05) is 6.08 Å². The van der Waals surface area contributed by atoms with Gasteiger partial charge in [-0.3, -0.25) is 0 Å². The van der Waals surface area contributed by atoms with Gasteiger partial charge in [0.2, 0.25) is 0 Å². The van der Waals surface area contributed by atoms with E-state index in [1.54, 1.807) is 11.3 Å². The maximum Gasteiger partial charge on any atom is 0.327 e. The summed E-state index contributed by atoms with van der Waals surface area (Å²) in [5, 5.41) is 11.7. The Hall–Kier alpha value is -0.800. The highest BCUT2D eigenvalue weighted by Crippen LogP contribution is 1.91. The predicted octanol–water partition coefficient (Wildman–Crippen LogP) is 2.43. The number of carboxylic acid groups (broad SMARTS) is 1. The van der Waals surface area contributed by atoms with E-state index in [9.17, 15) is 4.79 Å². The minimum absolute atomic E-state index is 0. The number of rotatable bonds is 1. The summed E-state index contributed by atoms with van der Waals surface area (Å²) in [5.74, 6) is -0.981. The van der Waals surface area contributed by atoms with Crippen molar-refractivity contribution in [2.45, 2.75) is 0 Å². The lowest BCUT2D eigenvalue weighted by atomic mass is 10.7. The molecule has 1 aromatic rings. The highest BCUT2D eigenvalue weighted by Gasteiger charge is 1.73. The standard InChI is InChI=1S/C4H4S.C3H4O2.ClH/c1-2-4-5-3-1;1-2-3(4)5;/h1-4H;2H,1H2,(H,4,5);1H. The number of carbonyl (C=O) groups is 1. The van der Waals surface area contributed by atoms with Gasteiger partial charge in [-0.15, -0.1) is 12.4 Å². The van der Waals surface area contributed by atoms with Crippen molar-refractivity contribution in [3.8, 4) is 0 Å². The summed E-state index contributed by atoms with van der Waals surface area (Å²) in [5.41, 5.74) is 0. The molecule has 1 rings (SSSR count). The molecule has 1 heterocycles. The highest BCUT2D eigenvalue weighted by atomic mass is 35.5. The topological polar surface area (TPSA) is 37.3 Å². The number of carboxylic acids is 1. The van der Waals surface area contributed by atoms with Crippen molar-refractivity contribution in [1.82, 2.24) is 0 Å². The predicted molar refractivity (Wildman–Crippen MR) is 49.4 cm³/mol. The van der Waals surface area contributed by atoms with E-state index in [2.05, 4.69) is 6.58 Å². The molecule has 62 valence electrons. The molecule has 0 spiro atoms. The fraction of sp³-hybridized carbons (Fsp3) is 0. The first kappa shape index (κ1) is 12.8. The van der Waals surface area contributed by atoms with Gasteiger partial charge in [0.05, 0.1) is 0 Å². The van der Waals surface area contributed by atoms with Crippen LogP contribution in [0.25, 0.3) is 0 Å². The zero-order valence-corrected chi connectivity index (χ0v) is 7.40. The smallest absolute Gasteiger partial charge is 0.327 e. The summed E-state index contributed by atoms with van der Waals surface area (Å²) in [4.78, 5) is 9.25. The third-order valence-electron chi connectivity index (χ3n) is 0.600. The van der Waals surface area contributed by atoms with Crippen LogP contribution >= 0.6 is 23.7 Å². The molecule has 0 radical (unpaired) electrons. The summed E-state index contributed by atoms with van der Waals surface area (Å²) < 4.78 is 0. The fourth-order valence-corrected chi connectivity index (χ4v) is 0.680. The molecule has 0 aliphatic heterocycles. The van der Waals surface area contributed by atoms with Crippen molar-refractivity contribution in [1.29, 1.82) is 0 Å². The molecule has 2 nitrogen and oxygen atoms in total. The zero-order valence-electron chi connectivity index (χ0n) is 5.77. The Morgan fingerprint density at radius 3 is 1.91 bits per heavy atom. The Kier molecular flexibility index (Phi) is 10.7. The van der Waals surface area contributed by atoms with E-state index in [1.807, 2.05) is 22.9 Å². The Balaban J connectivity index is 0. The SMILES string of the molecule is C=CC(=O)O.Cl.c1ccsc1. The van der Waals surface area contributed by atoms with E-state index in [0.717, 1.165) is 6.08 Å². The molecule has 0 amide bonds. The lowest BCUT2D eigenvalue weighted by Crippen LogP contribution is -1.82. The fourth-order valence-electron chi connectivity index (χ4n) is 0.227. The normalized spacial score (nSPS) is 6.55. The van der Waals surface area contributed by atoms with Gasteiger partial charge in [0.15, 0.2) is 0 Å². The summed E-state index contributed by atoms with van der Waals surface area (Å²) >= 11 is 1.71. The molecule has 0 aliphatic rings. The molecule has 0 aromatic carbocycles. The minimum Gasteiger partial charge on any atom is -0.478 e. The number of aliphatic carboxylic acids is 1. The molecule has 0 fully saturated rings. The van der Waals surface area contributed by atoms with Crippen LogP contribution < -0.4 is 0 Å². The molecule has 0 bridgehead atoms. The van der Waals surface area contributed by atoms with Gasteiger partial charge in [-0.25, -0.2) is 4.79 Å². The largest absolute Gasteiger partial charge is 0.478 e. The van der Waals surface area contributed by atoms with Crippen LogP contribution in [0.2, 0.25) is 0 Å². The quantitative estimate of drug-likeness (QED) is 0.694. The molecular weight excluding hydrogens is 184 g/mol. The Morgan fingerprint density at radius 1 is 1.45 bits per heavy atom. The maximum atomic E-state index is 9.25. The highest BCUT2D eigenvalue weighted by molar-refractivity contribution is 7.07. The van der Waals surface area contributed by atoms with E-state index in [1.165, 1.54) is 0 Å². The van der Waals surface area contributed by atoms with E-state index in [4.69, 9.17) is 5.11 Å². The van der Waals surface area contributed by atoms with Crippen molar-refractivity contribution < 1.29 is 9.90 Å². The number of hydrogen-bond donors (Lipinski definition) is 1. The van der Waals surface area contributed by atoms with Gasteiger partial charge in [-0.2, -0.15) is 11.3 Å². The van der Waals surface area contributed by atoms with Crippen LogP contribution in [0.4, 0.5) is 0 Å². The second kappa shape index (κ2) is 9.20. The average Bonchev–Trinajstić information content (AvgIpc) is 2.43. The summed E-state index contributed by atoms with van der Waals surface area (Å²) in [6.07, 6.45) is 0.833. The monoisotopic (exact) mass is 192 g/mol. The third-order valence-corrected chi connectivity index (χ3v) is 1.23. The number of halogens is 1. The molecule has 0 aliphatic carbocycles. The van der Waals surface area contributed by atoms with E-state index >= 15 is 0 Å². The molecule has 1 aromatic heterocycles. The van der Waals surface area contributed by atoms with Gasteiger partial charge >= 0.3 is 5.97 Å². The van der Waals surface area contributed by atoms with Crippen LogP contribution in [0.3, 0.4) is 0 Å². The number of thiophene rings is 1. The van der Waals surface area contributed by atoms with Crippen LogP contribution in [0.1, 0.15) is 0 Å². The molecule has 1 N–H and O–H groups in total. The van der Waals surface area contributed by atoms with Crippen LogP contribution in [0, 0.1) is 0 Å². The molecule has 0 atom stereocenters. The Bertz CT molecular complexity index is 167. The van der Waals surface area contributed by atoms with E-state index < -0.39 is 5.97 Å². The van der Waals surface area contributed by atoms with Gasteiger partial charge in [0.1, 0.15) is 0 Å². The van der Waals surface area contributed by atoms with Gasteiger partial charge in [0.25, 0.3) is 0 Å². The molecule has 11 heavy (non-hydrogen) atoms. The lowest BCUT2D eigenvalue weighted by Gasteiger charge is -1.64. The average molecular weight is 193 g/mol. The van der Waals surface area contributed by atoms with Crippen molar-refractivity contribution >= 4 is 29.7 Å². The zero-order chi connectivity index (χ0) is 7.82. The first-order valence-electron chi connectivity index (χ1n) is 2.60. The summed E-state index contributed by atoms with van der Waals surface area (Å²) in [6, 6.07) is 4.04. The number of hydrogen-bond acceptors (Lipinski definition) is 2. The second-order valence-electron chi connectivity index (χ2n) is 1.34.